The molecule has 0 aromatic rings. The van der Waals surface area contributed by atoms with E-state index in [1.54, 1.807) is 0 Å². The number of nitrogens with zero attached hydrogens (tertiary/aromatic N) is 2. The molecule has 0 aliphatic heterocycles. The minimum atomic E-state index is -3.65. The van der Waals surface area contributed by atoms with Crippen molar-refractivity contribution in [2.45, 2.75) is 142 Å². The molecular weight excluding hydrogens is 475 g/mol. The first-order valence-corrected chi connectivity index (χ1v) is 16.4. The minimum Gasteiger partial charge on any atom is -0.303 e. The van der Waals surface area contributed by atoms with Crippen LogP contribution in [-0.2, 0) is 18.6 Å². The highest BCUT2D eigenvalue weighted by atomic mass is 31.2. The molecule has 8 heteroatoms. The topological polar surface area (TPSA) is 71.5 Å². The average molecular weight is 539 g/mol. The van der Waals surface area contributed by atoms with Gasteiger partial charge in [-0.15, -0.1) is 0 Å². The van der Waals surface area contributed by atoms with Gasteiger partial charge in [-0.2, -0.15) is 10.1 Å². The molecule has 0 aromatic carbocycles. The van der Waals surface area contributed by atoms with Crippen molar-refractivity contribution in [2.75, 3.05) is 41.4 Å². The van der Waals surface area contributed by atoms with Gasteiger partial charge in [0, 0.05) is 41.4 Å². The van der Waals surface area contributed by atoms with Crippen LogP contribution in [0.15, 0.2) is 0 Å². The lowest BCUT2D eigenvalue weighted by Crippen LogP contribution is -2.31. The summed E-state index contributed by atoms with van der Waals surface area (Å²) in [5.74, 6) is 0. The van der Waals surface area contributed by atoms with E-state index in [0.717, 1.165) is 27.3 Å². The van der Waals surface area contributed by atoms with Crippen LogP contribution in [0, 0.1) is 0 Å². The standard InChI is InChI=1S/C26H56N2O.C2H7O4P/c1-5-7-9-11-13-15-17-19-21-23-25-27(3)29-28(4)26-24-22-20-18-16-14-12-10-8-6-2;1-5-7(3,4)6-2/h5-26H2,1-4H3;1-2H3,(H,3,4). The quantitative estimate of drug-likeness (QED) is 0.0669. The van der Waals surface area contributed by atoms with Gasteiger partial charge in [0.25, 0.3) is 0 Å². The second kappa shape index (κ2) is 29.5. The Labute approximate surface area is 225 Å². The molecule has 0 saturated heterocycles. The Morgan fingerprint density at radius 1 is 0.528 bits per heavy atom. The largest absolute Gasteiger partial charge is 0.471 e. The van der Waals surface area contributed by atoms with Crippen molar-refractivity contribution in [3.63, 3.8) is 0 Å². The van der Waals surface area contributed by atoms with Gasteiger partial charge >= 0.3 is 7.82 Å². The molecule has 0 atom stereocenters. The summed E-state index contributed by atoms with van der Waals surface area (Å²) >= 11 is 0. The smallest absolute Gasteiger partial charge is 0.303 e. The van der Waals surface area contributed by atoms with Gasteiger partial charge in [0.05, 0.1) is 0 Å². The predicted molar refractivity (Wildman–Crippen MR) is 154 cm³/mol. The molecule has 36 heavy (non-hydrogen) atoms. The number of phosphoric ester groups is 1. The molecule has 0 unspecified atom stereocenters. The molecule has 0 saturated carbocycles. The summed E-state index contributed by atoms with van der Waals surface area (Å²) in [6.07, 6.45) is 27.8. The second-order valence-electron chi connectivity index (χ2n) is 9.98. The summed E-state index contributed by atoms with van der Waals surface area (Å²) in [5, 5.41) is 4.03. The molecule has 0 amide bonds. The Morgan fingerprint density at radius 3 is 1.00 bits per heavy atom. The summed E-state index contributed by atoms with van der Waals surface area (Å²) < 4.78 is 18.0. The van der Waals surface area contributed by atoms with Crippen LogP contribution in [0.3, 0.4) is 0 Å². The molecule has 7 nitrogen and oxygen atoms in total. The van der Waals surface area contributed by atoms with Crippen molar-refractivity contribution >= 4 is 7.82 Å². The molecule has 0 aliphatic carbocycles. The lowest BCUT2D eigenvalue weighted by Gasteiger charge is -2.23. The van der Waals surface area contributed by atoms with E-state index in [2.05, 4.69) is 37.0 Å². The first-order valence-electron chi connectivity index (χ1n) is 14.9. The van der Waals surface area contributed by atoms with Gasteiger partial charge in [0.15, 0.2) is 0 Å². The average Bonchev–Trinajstić information content (AvgIpc) is 2.86. The number of unbranched alkanes of at least 4 members (excludes halogenated alkanes) is 18. The Kier molecular flexibility index (Phi) is 31.3. The van der Waals surface area contributed by atoms with E-state index < -0.39 is 7.82 Å². The van der Waals surface area contributed by atoms with Crippen LogP contribution in [0.25, 0.3) is 0 Å². The summed E-state index contributed by atoms with van der Waals surface area (Å²) in [4.78, 5) is 14.1. The number of hydrogen-bond acceptors (Lipinski definition) is 6. The molecule has 0 rings (SSSR count). The molecule has 1 N–H and O–H groups in total. The molecule has 220 valence electrons. The fourth-order valence-electron chi connectivity index (χ4n) is 4.04. The van der Waals surface area contributed by atoms with Crippen molar-refractivity contribution < 1.29 is 23.4 Å². The van der Waals surface area contributed by atoms with Gasteiger partial charge in [-0.3, -0.25) is 9.05 Å². The van der Waals surface area contributed by atoms with Gasteiger partial charge in [-0.1, -0.05) is 129 Å². The summed E-state index contributed by atoms with van der Waals surface area (Å²) in [7, 11) is 2.69. The van der Waals surface area contributed by atoms with Crippen LogP contribution in [0.2, 0.25) is 0 Å². The molecule has 0 heterocycles. The summed E-state index contributed by atoms with van der Waals surface area (Å²) in [6, 6.07) is 0. The first-order chi connectivity index (χ1) is 17.3. The van der Waals surface area contributed by atoms with Crippen LogP contribution in [0.1, 0.15) is 142 Å². The summed E-state index contributed by atoms with van der Waals surface area (Å²) in [5.41, 5.74) is 0. The second-order valence-corrected chi connectivity index (χ2v) is 11.6. The van der Waals surface area contributed by atoms with Crippen LogP contribution in [0.5, 0.6) is 0 Å². The van der Waals surface area contributed by atoms with Crippen molar-refractivity contribution in [1.29, 1.82) is 0 Å². The fourth-order valence-corrected chi connectivity index (χ4v) is 4.19. The van der Waals surface area contributed by atoms with Gasteiger partial charge in [-0.25, -0.2) is 9.50 Å². The van der Waals surface area contributed by atoms with E-state index in [9.17, 15) is 4.57 Å². The zero-order valence-corrected chi connectivity index (χ0v) is 25.9. The number of rotatable bonds is 26. The molecule has 0 fully saturated rings. The van der Waals surface area contributed by atoms with E-state index in [0.29, 0.717) is 0 Å². The lowest BCUT2D eigenvalue weighted by atomic mass is 10.1. The Morgan fingerprint density at radius 2 is 0.778 bits per heavy atom. The van der Waals surface area contributed by atoms with E-state index in [4.69, 9.17) is 9.83 Å². The molecule has 0 bridgehead atoms. The van der Waals surface area contributed by atoms with Crippen molar-refractivity contribution in [1.82, 2.24) is 10.1 Å². The zero-order chi connectivity index (χ0) is 27.3. The maximum atomic E-state index is 10.1. The van der Waals surface area contributed by atoms with Gasteiger partial charge < -0.3 is 4.89 Å². The molecule has 0 spiro atoms. The number of hydroxylamine groups is 4. The Bertz CT molecular complexity index is 435. The van der Waals surface area contributed by atoms with Crippen LogP contribution in [0.4, 0.5) is 0 Å². The van der Waals surface area contributed by atoms with Crippen LogP contribution < -0.4 is 0 Å². The van der Waals surface area contributed by atoms with Crippen LogP contribution in [-0.4, -0.2) is 56.4 Å². The van der Waals surface area contributed by atoms with Gasteiger partial charge in [-0.05, 0) is 12.8 Å². The van der Waals surface area contributed by atoms with E-state index >= 15 is 0 Å². The van der Waals surface area contributed by atoms with Crippen molar-refractivity contribution in [3.8, 4) is 0 Å². The van der Waals surface area contributed by atoms with E-state index in [1.165, 1.54) is 128 Å². The highest BCUT2D eigenvalue weighted by Crippen LogP contribution is 2.40. The Balaban J connectivity index is 0. The zero-order valence-electron chi connectivity index (χ0n) is 25.0. The molecule has 0 aliphatic rings. The highest BCUT2D eigenvalue weighted by molar-refractivity contribution is 7.47. The molecule has 0 radical (unpaired) electrons. The maximum Gasteiger partial charge on any atom is 0.471 e. The van der Waals surface area contributed by atoms with E-state index in [1.807, 2.05) is 10.1 Å². The third-order valence-corrected chi connectivity index (χ3v) is 7.32. The molecule has 0 aromatic heterocycles. The van der Waals surface area contributed by atoms with Crippen LogP contribution >= 0.6 is 7.82 Å². The summed E-state index contributed by atoms with van der Waals surface area (Å²) in [6.45, 7) is 6.66. The fraction of sp³-hybridized carbons (Fsp3) is 1.00. The van der Waals surface area contributed by atoms with E-state index in [-0.39, 0.29) is 0 Å². The first kappa shape index (κ1) is 38.1. The van der Waals surface area contributed by atoms with Crippen molar-refractivity contribution in [3.05, 3.63) is 0 Å². The SMILES string of the molecule is CCCCCCCCCCCCN(C)ON(C)CCCCCCCCCCCC.COP(=O)(O)OC. The number of hydrogen-bond donors (Lipinski definition) is 1. The van der Waals surface area contributed by atoms with Crippen molar-refractivity contribution in [2.24, 2.45) is 0 Å². The third-order valence-electron chi connectivity index (χ3n) is 6.39. The third kappa shape index (κ3) is 32.0. The maximum absolute atomic E-state index is 10.1. The van der Waals surface area contributed by atoms with Gasteiger partial charge in [0.2, 0.25) is 0 Å². The minimum absolute atomic E-state index is 1.04. The normalized spacial score (nSPS) is 11.8. The highest BCUT2D eigenvalue weighted by Gasteiger charge is 2.13. The van der Waals surface area contributed by atoms with Gasteiger partial charge in [0.1, 0.15) is 0 Å². The monoisotopic (exact) mass is 538 g/mol. The Hall–Kier alpha value is -0.0100. The number of phosphoric acid groups is 1. The molecular formula is C28H63N2O5P. The lowest BCUT2D eigenvalue weighted by molar-refractivity contribution is -0.304. The predicted octanol–water partition coefficient (Wildman–Crippen LogP) is 8.92.